The van der Waals surface area contributed by atoms with Crippen LogP contribution in [-0.2, 0) is 9.47 Å². The molecular weight excluding hydrogens is 550 g/mol. The molecule has 268 valence electrons. The Morgan fingerprint density at radius 3 is 1.02 bits per heavy atom. The van der Waals surface area contributed by atoms with Gasteiger partial charge in [0, 0.05) is 6.61 Å². The fourth-order valence-electron chi connectivity index (χ4n) is 6.24. The molecule has 0 aliphatic carbocycles. The largest absolute Gasteiger partial charge is 0.369 e. The first kappa shape index (κ1) is 44.4. The van der Waals surface area contributed by atoms with E-state index in [9.17, 15) is 0 Å². The number of quaternary nitrogens is 1. The molecule has 0 aliphatic heterocycles. The molecule has 45 heavy (non-hydrogen) atoms. The number of likely N-dealkylation sites (N-methyl/N-ethyl adjacent to an activating group) is 1. The van der Waals surface area contributed by atoms with Gasteiger partial charge in [0.1, 0.15) is 6.10 Å². The van der Waals surface area contributed by atoms with Crippen LogP contribution in [-0.4, -0.2) is 51.2 Å². The van der Waals surface area contributed by atoms with Crippen molar-refractivity contribution in [2.45, 2.75) is 213 Å². The molecule has 0 aromatic rings. The predicted octanol–water partition coefficient (Wildman–Crippen LogP) is 13.5. The van der Waals surface area contributed by atoms with Gasteiger partial charge < -0.3 is 14.0 Å². The maximum absolute atomic E-state index is 6.40. The van der Waals surface area contributed by atoms with Crippen molar-refractivity contribution in [1.29, 1.82) is 0 Å². The van der Waals surface area contributed by atoms with Crippen molar-refractivity contribution in [3.05, 3.63) is 24.3 Å². The number of rotatable bonds is 36. The second-order valence-electron chi connectivity index (χ2n) is 14.8. The molecule has 0 rings (SSSR count). The van der Waals surface area contributed by atoms with Gasteiger partial charge in [0.15, 0.2) is 0 Å². The fourth-order valence-corrected chi connectivity index (χ4v) is 6.24. The van der Waals surface area contributed by atoms with Crippen molar-refractivity contribution in [1.82, 2.24) is 0 Å². The molecule has 0 radical (unpaired) electrons. The summed E-state index contributed by atoms with van der Waals surface area (Å²) in [5, 5.41) is 0. The summed E-state index contributed by atoms with van der Waals surface area (Å²) in [4.78, 5) is 0. The fraction of sp³-hybridized carbons (Fsp3) is 0.905. The Kier molecular flexibility index (Phi) is 34.2. The van der Waals surface area contributed by atoms with Crippen LogP contribution < -0.4 is 0 Å². The normalized spacial score (nSPS) is 13.8. The lowest BCUT2D eigenvalue weighted by Gasteiger charge is -2.37. The summed E-state index contributed by atoms with van der Waals surface area (Å²) in [6.07, 6.45) is 47.5. The van der Waals surface area contributed by atoms with E-state index in [0.717, 1.165) is 24.1 Å². The van der Waals surface area contributed by atoms with Crippen LogP contribution in [0.4, 0.5) is 0 Å². The van der Waals surface area contributed by atoms with Crippen molar-refractivity contribution in [3.63, 3.8) is 0 Å². The van der Waals surface area contributed by atoms with E-state index in [-0.39, 0.29) is 12.3 Å². The van der Waals surface area contributed by atoms with Gasteiger partial charge in [0.05, 0.1) is 27.7 Å². The monoisotopic (exact) mass is 635 g/mol. The SMILES string of the molecule is CCCCCCCCC=CCCCCCCCCOC(C)C(OCCCCCCCCC=CCCCCCCCC)[N+](C)(C)C. The minimum absolute atomic E-state index is 0.0993. The van der Waals surface area contributed by atoms with Gasteiger partial charge in [-0.2, -0.15) is 0 Å². The van der Waals surface area contributed by atoms with Gasteiger partial charge in [-0.15, -0.1) is 0 Å². The topological polar surface area (TPSA) is 18.5 Å². The van der Waals surface area contributed by atoms with E-state index in [2.05, 4.69) is 66.2 Å². The number of nitrogens with zero attached hydrogens (tertiary/aromatic N) is 1. The van der Waals surface area contributed by atoms with Gasteiger partial charge in [-0.1, -0.05) is 154 Å². The molecule has 0 bridgehead atoms. The maximum Gasteiger partial charge on any atom is 0.219 e. The molecule has 2 unspecified atom stereocenters. The van der Waals surface area contributed by atoms with E-state index in [4.69, 9.17) is 9.47 Å². The summed E-state index contributed by atoms with van der Waals surface area (Å²) >= 11 is 0. The predicted molar refractivity (Wildman–Crippen MR) is 202 cm³/mol. The third kappa shape index (κ3) is 33.1. The van der Waals surface area contributed by atoms with Gasteiger partial charge in [-0.05, 0) is 71.1 Å². The second kappa shape index (κ2) is 34.7. The smallest absolute Gasteiger partial charge is 0.219 e. The molecule has 2 atom stereocenters. The van der Waals surface area contributed by atoms with Crippen LogP contribution in [0.25, 0.3) is 0 Å². The first-order valence-electron chi connectivity index (χ1n) is 20.3. The zero-order valence-electron chi connectivity index (χ0n) is 31.9. The second-order valence-corrected chi connectivity index (χ2v) is 14.8. The third-order valence-corrected chi connectivity index (χ3v) is 9.15. The Hall–Kier alpha value is -0.640. The van der Waals surface area contributed by atoms with Crippen molar-refractivity contribution < 1.29 is 14.0 Å². The lowest BCUT2D eigenvalue weighted by molar-refractivity contribution is -0.923. The van der Waals surface area contributed by atoms with Crippen LogP contribution in [0.1, 0.15) is 201 Å². The van der Waals surface area contributed by atoms with Crippen molar-refractivity contribution in [3.8, 4) is 0 Å². The average Bonchev–Trinajstić information content (AvgIpc) is 3.01. The summed E-state index contributed by atoms with van der Waals surface area (Å²) in [7, 11) is 6.70. The highest BCUT2D eigenvalue weighted by Crippen LogP contribution is 2.16. The van der Waals surface area contributed by atoms with Crippen molar-refractivity contribution in [2.24, 2.45) is 0 Å². The summed E-state index contributed by atoms with van der Waals surface area (Å²) in [5.41, 5.74) is 0. The number of unbranched alkanes of at least 4 members (excludes halogenated alkanes) is 24. The minimum atomic E-state index is 0.0993. The quantitative estimate of drug-likeness (QED) is 0.0295. The van der Waals surface area contributed by atoms with Crippen molar-refractivity contribution >= 4 is 0 Å². The Balaban J connectivity index is 3.68. The molecule has 3 heteroatoms. The third-order valence-electron chi connectivity index (χ3n) is 9.15. The van der Waals surface area contributed by atoms with Crippen LogP contribution >= 0.6 is 0 Å². The first-order valence-corrected chi connectivity index (χ1v) is 20.3. The maximum atomic E-state index is 6.40. The zero-order valence-corrected chi connectivity index (χ0v) is 31.9. The van der Waals surface area contributed by atoms with Crippen LogP contribution in [0.5, 0.6) is 0 Å². The number of ether oxygens (including phenoxy) is 2. The highest BCUT2D eigenvalue weighted by atomic mass is 16.6. The Morgan fingerprint density at radius 1 is 0.400 bits per heavy atom. The Bertz CT molecular complexity index is 623. The lowest BCUT2D eigenvalue weighted by atomic mass is 10.1. The van der Waals surface area contributed by atoms with Crippen molar-refractivity contribution in [2.75, 3.05) is 34.4 Å². The van der Waals surface area contributed by atoms with Crippen LogP contribution in [0.15, 0.2) is 24.3 Å². The molecule has 0 aromatic carbocycles. The summed E-state index contributed by atoms with van der Waals surface area (Å²) in [5.74, 6) is 0. The van der Waals surface area contributed by atoms with E-state index < -0.39 is 0 Å². The Labute approximate surface area is 285 Å². The molecule has 0 saturated carbocycles. The molecule has 3 nitrogen and oxygen atoms in total. The minimum Gasteiger partial charge on any atom is -0.369 e. The average molecular weight is 635 g/mol. The number of allylic oxidation sites excluding steroid dienone is 4. The van der Waals surface area contributed by atoms with Gasteiger partial charge in [-0.25, -0.2) is 0 Å². The molecule has 0 aliphatic rings. The molecule has 0 spiro atoms. The molecular formula is C42H84NO2+. The van der Waals surface area contributed by atoms with Gasteiger partial charge >= 0.3 is 0 Å². The lowest BCUT2D eigenvalue weighted by Crippen LogP contribution is -2.53. The molecule has 0 aromatic heterocycles. The highest BCUT2D eigenvalue weighted by molar-refractivity contribution is 4.82. The summed E-state index contributed by atoms with van der Waals surface area (Å²) < 4.78 is 13.5. The van der Waals surface area contributed by atoms with Gasteiger partial charge in [-0.3, -0.25) is 0 Å². The molecule has 0 saturated heterocycles. The van der Waals surface area contributed by atoms with Crippen LogP contribution in [0.2, 0.25) is 0 Å². The van der Waals surface area contributed by atoms with Crippen LogP contribution in [0, 0.1) is 0 Å². The standard InChI is InChI=1S/C42H84NO2/c1-7-9-11-13-15-17-19-21-23-25-27-29-31-33-35-37-39-44-41(3)42(43(4,5)6)45-40-38-36-34-32-30-28-26-24-22-20-18-16-14-12-10-8-2/h21-24,41-42H,7-20,25-40H2,1-6H3/q+1. The van der Waals surface area contributed by atoms with E-state index in [0.29, 0.717) is 0 Å². The van der Waals surface area contributed by atoms with Gasteiger partial charge in [0.25, 0.3) is 0 Å². The molecule has 0 fully saturated rings. The number of hydrogen-bond donors (Lipinski definition) is 0. The molecule has 0 heterocycles. The van der Waals surface area contributed by atoms with E-state index in [1.165, 1.54) is 173 Å². The Morgan fingerprint density at radius 2 is 0.689 bits per heavy atom. The molecule has 0 N–H and O–H groups in total. The highest BCUT2D eigenvalue weighted by Gasteiger charge is 2.31. The van der Waals surface area contributed by atoms with E-state index >= 15 is 0 Å². The van der Waals surface area contributed by atoms with E-state index in [1.807, 2.05) is 0 Å². The zero-order chi connectivity index (χ0) is 33.1. The summed E-state index contributed by atoms with van der Waals surface area (Å²) in [6, 6.07) is 0. The number of hydrogen-bond acceptors (Lipinski definition) is 2. The van der Waals surface area contributed by atoms with Gasteiger partial charge in [0.2, 0.25) is 6.23 Å². The first-order chi connectivity index (χ1) is 21.9. The van der Waals surface area contributed by atoms with Crippen LogP contribution in [0.3, 0.4) is 0 Å². The summed E-state index contributed by atoms with van der Waals surface area (Å²) in [6.45, 7) is 8.49. The molecule has 0 amide bonds. The van der Waals surface area contributed by atoms with E-state index in [1.54, 1.807) is 0 Å².